The van der Waals surface area contributed by atoms with Crippen molar-refractivity contribution in [3.8, 4) is 0 Å². The molecule has 1 N–H and O–H groups in total. The maximum atomic E-state index is 12.2. The normalized spacial score (nSPS) is 24.7. The molecule has 1 aromatic carbocycles. The van der Waals surface area contributed by atoms with Gasteiger partial charge in [-0.2, -0.15) is 0 Å². The van der Waals surface area contributed by atoms with Crippen LogP contribution >= 0.6 is 0 Å². The first-order valence-electron chi connectivity index (χ1n) is 9.54. The molecular weight excluding hydrogens is 314 g/mol. The summed E-state index contributed by atoms with van der Waals surface area (Å²) in [5, 5.41) is 3.08. The molecular formula is C20H31N3O2. The van der Waals surface area contributed by atoms with E-state index < -0.39 is 0 Å². The van der Waals surface area contributed by atoms with Gasteiger partial charge < -0.3 is 10.1 Å². The number of hydrogen-bond acceptors (Lipinski definition) is 4. The second-order valence-corrected chi connectivity index (χ2v) is 7.45. The van der Waals surface area contributed by atoms with Gasteiger partial charge in [0.15, 0.2) is 0 Å². The van der Waals surface area contributed by atoms with Crippen LogP contribution in [0.5, 0.6) is 0 Å². The SMILES string of the molecule is C[C@H]1CN(CCCNC(=O)CN2CCc3ccccc3C2)C[C@H](C)O1. The van der Waals surface area contributed by atoms with Crippen molar-refractivity contribution >= 4 is 5.91 Å². The van der Waals surface area contributed by atoms with Crippen molar-refractivity contribution in [2.24, 2.45) is 0 Å². The lowest BCUT2D eigenvalue weighted by Gasteiger charge is -2.35. The highest BCUT2D eigenvalue weighted by molar-refractivity contribution is 5.78. The van der Waals surface area contributed by atoms with Crippen molar-refractivity contribution in [2.75, 3.05) is 39.3 Å². The van der Waals surface area contributed by atoms with Gasteiger partial charge in [-0.3, -0.25) is 14.6 Å². The molecule has 138 valence electrons. The first-order valence-corrected chi connectivity index (χ1v) is 9.54. The number of fused-ring (bicyclic) bond motifs is 1. The molecule has 25 heavy (non-hydrogen) atoms. The van der Waals surface area contributed by atoms with E-state index in [1.165, 1.54) is 11.1 Å². The Bertz CT molecular complexity index is 568. The van der Waals surface area contributed by atoms with Crippen LogP contribution in [-0.2, 0) is 22.5 Å². The van der Waals surface area contributed by atoms with Crippen LogP contribution in [0, 0.1) is 0 Å². The first-order chi connectivity index (χ1) is 12.1. The molecule has 0 spiro atoms. The summed E-state index contributed by atoms with van der Waals surface area (Å²) < 4.78 is 5.75. The van der Waals surface area contributed by atoms with Crippen molar-refractivity contribution in [3.05, 3.63) is 35.4 Å². The third-order valence-corrected chi connectivity index (χ3v) is 5.05. The molecule has 5 nitrogen and oxygen atoms in total. The van der Waals surface area contributed by atoms with E-state index in [0.717, 1.165) is 52.1 Å². The fraction of sp³-hybridized carbons (Fsp3) is 0.650. The van der Waals surface area contributed by atoms with Crippen LogP contribution in [0.25, 0.3) is 0 Å². The second-order valence-electron chi connectivity index (χ2n) is 7.45. The highest BCUT2D eigenvalue weighted by atomic mass is 16.5. The molecule has 1 amide bonds. The largest absolute Gasteiger partial charge is 0.373 e. The number of nitrogens with zero attached hydrogens (tertiary/aromatic N) is 2. The molecule has 0 aromatic heterocycles. The van der Waals surface area contributed by atoms with Gasteiger partial charge in [-0.05, 0) is 37.8 Å². The van der Waals surface area contributed by atoms with Crippen LogP contribution in [0.4, 0.5) is 0 Å². The van der Waals surface area contributed by atoms with Crippen molar-refractivity contribution in [1.29, 1.82) is 0 Å². The van der Waals surface area contributed by atoms with Gasteiger partial charge in [0.1, 0.15) is 0 Å². The Balaban J connectivity index is 1.32. The summed E-state index contributed by atoms with van der Waals surface area (Å²) in [6, 6.07) is 8.54. The molecule has 0 saturated carbocycles. The molecule has 0 radical (unpaired) electrons. The molecule has 1 saturated heterocycles. The van der Waals surface area contributed by atoms with E-state index in [-0.39, 0.29) is 5.91 Å². The predicted molar refractivity (Wildman–Crippen MR) is 99.5 cm³/mol. The minimum absolute atomic E-state index is 0.142. The highest BCUT2D eigenvalue weighted by Crippen LogP contribution is 2.17. The average Bonchev–Trinajstić information content (AvgIpc) is 2.58. The minimum Gasteiger partial charge on any atom is -0.373 e. The number of carbonyl (C=O) groups is 1. The van der Waals surface area contributed by atoms with Crippen molar-refractivity contribution in [2.45, 2.75) is 45.4 Å². The summed E-state index contributed by atoms with van der Waals surface area (Å²) in [6.07, 6.45) is 2.64. The Kier molecular flexibility index (Phi) is 6.45. The molecule has 2 atom stereocenters. The van der Waals surface area contributed by atoms with Crippen molar-refractivity contribution < 1.29 is 9.53 Å². The third-order valence-electron chi connectivity index (χ3n) is 5.05. The molecule has 0 unspecified atom stereocenters. The monoisotopic (exact) mass is 345 g/mol. The van der Waals surface area contributed by atoms with Crippen molar-refractivity contribution in [3.63, 3.8) is 0 Å². The summed E-state index contributed by atoms with van der Waals surface area (Å²) in [7, 11) is 0. The van der Waals surface area contributed by atoms with Crippen LogP contribution in [0.15, 0.2) is 24.3 Å². The molecule has 1 fully saturated rings. The standard InChI is InChI=1S/C20H31N3O2/c1-16-12-22(13-17(2)25-16)10-5-9-21-20(24)15-23-11-8-18-6-3-4-7-19(18)14-23/h3-4,6-7,16-17H,5,8-15H2,1-2H3,(H,21,24)/t16-,17-/m0/s1. The second kappa shape index (κ2) is 8.79. The van der Waals surface area contributed by atoms with Crippen LogP contribution in [0.3, 0.4) is 0 Å². The molecule has 5 heteroatoms. The number of rotatable bonds is 6. The Morgan fingerprint density at radius 3 is 2.64 bits per heavy atom. The van der Waals surface area contributed by atoms with E-state index in [1.807, 2.05) is 0 Å². The molecule has 2 aliphatic rings. The summed E-state index contributed by atoms with van der Waals surface area (Å²) in [6.45, 7) is 10.4. The molecule has 1 aromatic rings. The number of carbonyl (C=O) groups excluding carboxylic acids is 1. The quantitative estimate of drug-likeness (QED) is 0.797. The van der Waals surface area contributed by atoms with Crippen molar-refractivity contribution in [1.82, 2.24) is 15.1 Å². The number of morpholine rings is 1. The van der Waals surface area contributed by atoms with E-state index >= 15 is 0 Å². The number of benzene rings is 1. The van der Waals surface area contributed by atoms with Gasteiger partial charge in [0, 0.05) is 39.3 Å². The Morgan fingerprint density at radius 1 is 1.16 bits per heavy atom. The average molecular weight is 345 g/mol. The fourth-order valence-electron chi connectivity index (χ4n) is 3.95. The smallest absolute Gasteiger partial charge is 0.234 e. The molecule has 2 aliphatic heterocycles. The number of amides is 1. The highest BCUT2D eigenvalue weighted by Gasteiger charge is 2.21. The Labute approximate surface area is 151 Å². The lowest BCUT2D eigenvalue weighted by molar-refractivity contribution is -0.122. The first kappa shape index (κ1) is 18.4. The fourth-order valence-corrected chi connectivity index (χ4v) is 3.95. The third kappa shape index (κ3) is 5.53. The molecule has 0 bridgehead atoms. The van der Waals surface area contributed by atoms with Gasteiger partial charge in [-0.25, -0.2) is 0 Å². The van der Waals surface area contributed by atoms with Crippen LogP contribution < -0.4 is 5.32 Å². The molecule has 2 heterocycles. The summed E-state index contributed by atoms with van der Waals surface area (Å²) >= 11 is 0. The van der Waals surface area contributed by atoms with E-state index in [9.17, 15) is 4.79 Å². The molecule has 3 rings (SSSR count). The summed E-state index contributed by atoms with van der Waals surface area (Å²) in [5.74, 6) is 0.142. The van der Waals surface area contributed by atoms with Crippen LogP contribution in [0.1, 0.15) is 31.4 Å². The zero-order chi connectivity index (χ0) is 17.6. The molecule has 0 aliphatic carbocycles. The van der Waals surface area contributed by atoms with E-state index in [2.05, 4.69) is 53.2 Å². The maximum absolute atomic E-state index is 12.2. The Morgan fingerprint density at radius 2 is 1.88 bits per heavy atom. The van der Waals surface area contributed by atoms with Gasteiger partial charge in [0.2, 0.25) is 5.91 Å². The zero-order valence-corrected chi connectivity index (χ0v) is 15.5. The number of ether oxygens (including phenoxy) is 1. The minimum atomic E-state index is 0.142. The van der Waals surface area contributed by atoms with E-state index in [1.54, 1.807) is 0 Å². The van der Waals surface area contributed by atoms with E-state index in [0.29, 0.717) is 18.8 Å². The topological polar surface area (TPSA) is 44.8 Å². The van der Waals surface area contributed by atoms with Gasteiger partial charge in [0.25, 0.3) is 0 Å². The van der Waals surface area contributed by atoms with Gasteiger partial charge in [-0.1, -0.05) is 24.3 Å². The summed E-state index contributed by atoms with van der Waals surface area (Å²) in [5.41, 5.74) is 2.78. The number of nitrogens with one attached hydrogen (secondary N) is 1. The van der Waals surface area contributed by atoms with Gasteiger partial charge >= 0.3 is 0 Å². The van der Waals surface area contributed by atoms with Gasteiger partial charge in [0.05, 0.1) is 18.8 Å². The van der Waals surface area contributed by atoms with Gasteiger partial charge in [-0.15, -0.1) is 0 Å². The van der Waals surface area contributed by atoms with Crippen LogP contribution in [0.2, 0.25) is 0 Å². The van der Waals surface area contributed by atoms with E-state index in [4.69, 9.17) is 4.74 Å². The maximum Gasteiger partial charge on any atom is 0.234 e. The zero-order valence-electron chi connectivity index (χ0n) is 15.5. The number of hydrogen-bond donors (Lipinski definition) is 1. The Hall–Kier alpha value is -1.43. The lowest BCUT2D eigenvalue weighted by atomic mass is 10.00. The summed E-state index contributed by atoms with van der Waals surface area (Å²) in [4.78, 5) is 16.9. The van der Waals surface area contributed by atoms with Crippen LogP contribution in [-0.4, -0.2) is 67.2 Å². The lowest BCUT2D eigenvalue weighted by Crippen LogP contribution is -2.46. The predicted octanol–water partition coefficient (Wildman–Crippen LogP) is 1.66.